The van der Waals surface area contributed by atoms with Crippen molar-refractivity contribution in [3.05, 3.63) is 109 Å². The minimum absolute atomic E-state index is 1.14. The van der Waals surface area contributed by atoms with Gasteiger partial charge in [-0.2, -0.15) is 0 Å². The fourth-order valence-corrected chi connectivity index (χ4v) is 3.73. The number of aromatic nitrogens is 1. The highest BCUT2D eigenvalue weighted by Crippen LogP contribution is 2.38. The molecule has 0 amide bonds. The minimum atomic E-state index is 1.14. The van der Waals surface area contributed by atoms with E-state index in [1.807, 2.05) is 0 Å². The monoisotopic (exact) mass is 345 g/mol. The van der Waals surface area contributed by atoms with E-state index in [1.54, 1.807) is 0 Å². The van der Waals surface area contributed by atoms with Gasteiger partial charge in [0.05, 0.1) is 5.69 Å². The van der Waals surface area contributed by atoms with Crippen LogP contribution >= 0.6 is 0 Å². The topological polar surface area (TPSA) is 15.8 Å². The normalized spacial score (nSPS) is 11.0. The molecule has 1 heteroatoms. The molecule has 0 aliphatic rings. The van der Waals surface area contributed by atoms with E-state index in [-0.39, 0.29) is 0 Å². The van der Waals surface area contributed by atoms with Crippen molar-refractivity contribution in [3.8, 4) is 33.6 Å². The van der Waals surface area contributed by atoms with Crippen LogP contribution in [0.3, 0.4) is 0 Å². The fourth-order valence-electron chi connectivity index (χ4n) is 3.73. The summed E-state index contributed by atoms with van der Waals surface area (Å²) < 4.78 is 0. The molecular formula is C26H19N. The third-order valence-corrected chi connectivity index (χ3v) is 5.04. The number of hydrogen-bond acceptors (Lipinski definition) is 0. The van der Waals surface area contributed by atoms with Crippen LogP contribution in [0.4, 0.5) is 0 Å². The maximum atomic E-state index is 3.68. The van der Waals surface area contributed by atoms with Crippen LogP contribution in [0.15, 0.2) is 109 Å². The van der Waals surface area contributed by atoms with Crippen molar-refractivity contribution < 1.29 is 0 Å². The molecular weight excluding hydrogens is 326 g/mol. The molecule has 0 radical (unpaired) electrons. The molecule has 0 aliphatic heterocycles. The number of rotatable bonds is 3. The lowest BCUT2D eigenvalue weighted by molar-refractivity contribution is 1.39. The molecule has 27 heavy (non-hydrogen) atoms. The van der Waals surface area contributed by atoms with Gasteiger partial charge >= 0.3 is 0 Å². The first-order valence-electron chi connectivity index (χ1n) is 9.22. The lowest BCUT2D eigenvalue weighted by Gasteiger charge is -2.08. The first-order valence-corrected chi connectivity index (χ1v) is 9.22. The summed E-state index contributed by atoms with van der Waals surface area (Å²) in [7, 11) is 0. The highest BCUT2D eigenvalue weighted by Gasteiger charge is 2.15. The molecule has 0 atom stereocenters. The number of fused-ring (bicyclic) bond motifs is 1. The summed E-state index contributed by atoms with van der Waals surface area (Å²) in [5.41, 5.74) is 7.18. The van der Waals surface area contributed by atoms with Crippen molar-refractivity contribution in [2.24, 2.45) is 0 Å². The standard InChI is InChI=1S/C26H19N/c1-3-11-20(12-4-1)25-18-24(26(27-25)21-13-5-2-6-14-21)23-17-9-15-19-10-7-8-16-22(19)23/h1-18,27H. The predicted molar refractivity (Wildman–Crippen MR) is 115 cm³/mol. The fraction of sp³-hybridized carbons (Fsp3) is 0. The molecule has 1 heterocycles. The molecule has 0 unspecified atom stereocenters. The number of nitrogens with one attached hydrogen (secondary N) is 1. The predicted octanol–water partition coefficient (Wildman–Crippen LogP) is 7.17. The summed E-state index contributed by atoms with van der Waals surface area (Å²) in [6, 6.07) is 38.4. The van der Waals surface area contributed by atoms with Gasteiger partial charge in [-0.15, -0.1) is 0 Å². The quantitative estimate of drug-likeness (QED) is 0.357. The molecule has 4 aromatic carbocycles. The first kappa shape index (κ1) is 15.7. The molecule has 1 aromatic heterocycles. The molecule has 5 rings (SSSR count). The average molecular weight is 345 g/mol. The van der Waals surface area contributed by atoms with Gasteiger partial charge in [0.1, 0.15) is 0 Å². The SMILES string of the molecule is c1ccc(-c2cc(-c3cccc4ccccc34)c(-c3ccccc3)[nH]2)cc1. The Balaban J connectivity index is 1.79. The van der Waals surface area contributed by atoms with Crippen molar-refractivity contribution >= 4 is 10.8 Å². The van der Waals surface area contributed by atoms with Crippen molar-refractivity contribution in [1.29, 1.82) is 0 Å². The number of benzene rings is 4. The van der Waals surface area contributed by atoms with E-state index < -0.39 is 0 Å². The highest BCUT2D eigenvalue weighted by atomic mass is 14.7. The lowest BCUT2D eigenvalue weighted by atomic mass is 9.96. The van der Waals surface area contributed by atoms with Crippen LogP contribution in [0.2, 0.25) is 0 Å². The van der Waals surface area contributed by atoms with E-state index >= 15 is 0 Å². The second kappa shape index (κ2) is 6.62. The smallest absolute Gasteiger partial charge is 0.0538 e. The van der Waals surface area contributed by atoms with Crippen molar-refractivity contribution in [1.82, 2.24) is 4.98 Å². The Morgan fingerprint density at radius 1 is 0.481 bits per heavy atom. The van der Waals surface area contributed by atoms with Crippen LogP contribution in [-0.2, 0) is 0 Å². The second-order valence-electron chi connectivity index (χ2n) is 6.73. The van der Waals surface area contributed by atoms with E-state index in [1.165, 1.54) is 33.0 Å². The molecule has 0 saturated carbocycles. The van der Waals surface area contributed by atoms with Gasteiger partial charge in [0.2, 0.25) is 0 Å². The molecule has 1 nitrogen and oxygen atoms in total. The number of aromatic amines is 1. The molecule has 0 fully saturated rings. The van der Waals surface area contributed by atoms with Gasteiger partial charge in [-0.05, 0) is 33.5 Å². The van der Waals surface area contributed by atoms with Gasteiger partial charge in [-0.3, -0.25) is 0 Å². The Labute approximate surface area is 158 Å². The van der Waals surface area contributed by atoms with Crippen molar-refractivity contribution in [3.63, 3.8) is 0 Å². The Kier molecular flexibility index (Phi) is 3.84. The zero-order valence-electron chi connectivity index (χ0n) is 14.9. The lowest BCUT2D eigenvalue weighted by Crippen LogP contribution is -1.84. The number of hydrogen-bond donors (Lipinski definition) is 1. The first-order chi connectivity index (χ1) is 13.4. The van der Waals surface area contributed by atoms with Gasteiger partial charge in [0.15, 0.2) is 0 Å². The second-order valence-corrected chi connectivity index (χ2v) is 6.73. The van der Waals surface area contributed by atoms with Gasteiger partial charge in [-0.25, -0.2) is 0 Å². The molecule has 0 spiro atoms. The molecule has 5 aromatic rings. The molecule has 0 aliphatic carbocycles. The average Bonchev–Trinajstić information content (AvgIpc) is 3.20. The van der Waals surface area contributed by atoms with Crippen LogP contribution in [-0.4, -0.2) is 4.98 Å². The van der Waals surface area contributed by atoms with Gasteiger partial charge in [0.25, 0.3) is 0 Å². The van der Waals surface area contributed by atoms with Crippen molar-refractivity contribution in [2.75, 3.05) is 0 Å². The summed E-state index contributed by atoms with van der Waals surface area (Å²) in [6.07, 6.45) is 0. The van der Waals surface area contributed by atoms with Crippen LogP contribution < -0.4 is 0 Å². The zero-order valence-corrected chi connectivity index (χ0v) is 14.9. The van der Waals surface area contributed by atoms with Gasteiger partial charge in [-0.1, -0.05) is 103 Å². The Morgan fingerprint density at radius 2 is 1.11 bits per heavy atom. The van der Waals surface area contributed by atoms with Crippen LogP contribution in [0.25, 0.3) is 44.4 Å². The summed E-state index contributed by atoms with van der Waals surface area (Å²) in [4.78, 5) is 3.68. The van der Waals surface area contributed by atoms with E-state index in [0.717, 1.165) is 11.4 Å². The summed E-state index contributed by atoms with van der Waals surface area (Å²) in [5, 5.41) is 2.53. The third kappa shape index (κ3) is 2.84. The van der Waals surface area contributed by atoms with Crippen LogP contribution in [0.1, 0.15) is 0 Å². The molecule has 128 valence electrons. The maximum absolute atomic E-state index is 3.68. The largest absolute Gasteiger partial charge is 0.354 e. The summed E-state index contributed by atoms with van der Waals surface area (Å²) in [6.45, 7) is 0. The maximum Gasteiger partial charge on any atom is 0.0538 e. The van der Waals surface area contributed by atoms with Gasteiger partial charge < -0.3 is 4.98 Å². The van der Waals surface area contributed by atoms with E-state index in [9.17, 15) is 0 Å². The van der Waals surface area contributed by atoms with Crippen LogP contribution in [0.5, 0.6) is 0 Å². The van der Waals surface area contributed by atoms with E-state index in [0.29, 0.717) is 0 Å². The molecule has 0 saturated heterocycles. The zero-order chi connectivity index (χ0) is 18.1. The van der Waals surface area contributed by atoms with E-state index in [4.69, 9.17) is 0 Å². The molecule has 1 N–H and O–H groups in total. The number of H-pyrrole nitrogens is 1. The van der Waals surface area contributed by atoms with Crippen molar-refractivity contribution in [2.45, 2.75) is 0 Å². The molecule has 0 bridgehead atoms. The minimum Gasteiger partial charge on any atom is -0.354 e. The Bertz CT molecular complexity index is 1200. The summed E-state index contributed by atoms with van der Waals surface area (Å²) >= 11 is 0. The Morgan fingerprint density at radius 3 is 1.89 bits per heavy atom. The third-order valence-electron chi connectivity index (χ3n) is 5.04. The Hall–Kier alpha value is -3.58. The highest BCUT2D eigenvalue weighted by molar-refractivity contribution is 6.01. The van der Waals surface area contributed by atoms with Crippen LogP contribution in [0, 0.1) is 0 Å². The van der Waals surface area contributed by atoms with Gasteiger partial charge in [0, 0.05) is 11.3 Å². The summed E-state index contributed by atoms with van der Waals surface area (Å²) in [5.74, 6) is 0. The van der Waals surface area contributed by atoms with E-state index in [2.05, 4.69) is 114 Å².